The van der Waals surface area contributed by atoms with E-state index in [9.17, 15) is 4.79 Å². The summed E-state index contributed by atoms with van der Waals surface area (Å²) < 4.78 is 0. The summed E-state index contributed by atoms with van der Waals surface area (Å²) in [6, 6.07) is 7.96. The number of carbonyl (C=O) groups is 1. The Morgan fingerprint density at radius 3 is 2.57 bits per heavy atom. The van der Waals surface area contributed by atoms with E-state index in [-0.39, 0.29) is 23.4 Å². The number of likely N-dealkylation sites (tertiary alicyclic amines) is 1. The molecular weight excluding hydrogens is 458 g/mol. The Hall–Kier alpha value is -2.29. The average Bonchev–Trinajstić information content (AvgIpc) is 3.58. The molecule has 2 aliphatic rings. The Labute approximate surface area is 214 Å². The first-order chi connectivity index (χ1) is 16.6. The minimum absolute atomic E-state index is 0.0954. The van der Waals surface area contributed by atoms with Gasteiger partial charge in [0, 0.05) is 12.1 Å². The zero-order chi connectivity index (χ0) is 25.8. The molecule has 0 saturated carbocycles. The summed E-state index contributed by atoms with van der Waals surface area (Å²) in [7, 11) is 0. The highest BCUT2D eigenvalue weighted by Gasteiger charge is 2.43. The number of thiazole rings is 1. The number of aliphatic imine (C=N–C) groups is 1. The van der Waals surface area contributed by atoms with Gasteiger partial charge in [0.05, 0.1) is 28.2 Å². The third-order valence-corrected chi connectivity index (χ3v) is 7.47. The normalized spacial score (nSPS) is 22.8. The molecule has 1 saturated heterocycles. The van der Waals surface area contributed by atoms with Gasteiger partial charge in [-0.2, -0.15) is 0 Å². The minimum Gasteiger partial charge on any atom is -0.331 e. The van der Waals surface area contributed by atoms with Gasteiger partial charge in [-0.05, 0) is 44.2 Å². The van der Waals surface area contributed by atoms with Crippen LogP contribution in [0.2, 0.25) is 0 Å². The second kappa shape index (κ2) is 11.2. The van der Waals surface area contributed by atoms with Crippen LogP contribution < -0.4 is 10.8 Å². The smallest absolute Gasteiger partial charge is 0.240 e. The quantitative estimate of drug-likeness (QED) is 0.566. The molecule has 0 aliphatic carbocycles. The van der Waals surface area contributed by atoms with Crippen LogP contribution in [0.25, 0.3) is 10.4 Å². The highest BCUT2D eigenvalue weighted by Crippen LogP contribution is 2.35. The zero-order valence-electron chi connectivity index (χ0n) is 22.4. The molecule has 0 bridgehead atoms. The number of likely N-dealkylation sites (N-methyl/N-ethyl adjacent to an activating group) is 1. The van der Waals surface area contributed by atoms with E-state index in [4.69, 9.17) is 9.83 Å². The molecule has 0 spiro atoms. The third-order valence-electron chi connectivity index (χ3n) is 6.49. The Morgan fingerprint density at radius 1 is 1.31 bits per heavy atom. The van der Waals surface area contributed by atoms with Crippen molar-refractivity contribution in [2.24, 2.45) is 10.4 Å². The van der Waals surface area contributed by atoms with E-state index in [1.807, 2.05) is 45.0 Å². The summed E-state index contributed by atoms with van der Waals surface area (Å²) in [5, 5.41) is 3.39. The second-order valence-electron chi connectivity index (χ2n) is 10.1. The van der Waals surface area contributed by atoms with Crippen molar-refractivity contribution >= 4 is 23.1 Å². The average molecular weight is 500 g/mol. The van der Waals surface area contributed by atoms with Crippen molar-refractivity contribution < 1.29 is 9.63 Å². The fourth-order valence-corrected chi connectivity index (χ4v) is 5.46. The van der Waals surface area contributed by atoms with Crippen molar-refractivity contribution in [2.75, 3.05) is 13.1 Å². The van der Waals surface area contributed by atoms with Crippen LogP contribution in [0.1, 0.15) is 72.6 Å². The third kappa shape index (κ3) is 5.76. The van der Waals surface area contributed by atoms with Crippen molar-refractivity contribution in [3.8, 4) is 10.4 Å². The summed E-state index contributed by atoms with van der Waals surface area (Å²) in [4.78, 5) is 31.9. The van der Waals surface area contributed by atoms with Crippen LogP contribution in [0.5, 0.6) is 0 Å². The van der Waals surface area contributed by atoms with Crippen LogP contribution in [0.15, 0.2) is 34.8 Å². The van der Waals surface area contributed by atoms with Crippen LogP contribution >= 0.6 is 11.3 Å². The molecule has 1 fully saturated rings. The first-order valence-electron chi connectivity index (χ1n) is 12.7. The maximum Gasteiger partial charge on any atom is 0.240 e. The number of hydroxylamine groups is 1. The molecule has 192 valence electrons. The van der Waals surface area contributed by atoms with E-state index in [2.05, 4.69) is 60.8 Å². The molecule has 8 heteroatoms. The lowest BCUT2D eigenvalue weighted by molar-refractivity contribution is -0.136. The summed E-state index contributed by atoms with van der Waals surface area (Å²) in [6.45, 7) is 17.8. The molecule has 3 atom stereocenters. The highest BCUT2D eigenvalue weighted by atomic mass is 32.1. The van der Waals surface area contributed by atoms with Crippen LogP contribution in [0, 0.1) is 12.3 Å². The summed E-state index contributed by atoms with van der Waals surface area (Å²) in [6.07, 6.45) is 1.84. The van der Waals surface area contributed by atoms with Crippen LogP contribution in [0.4, 0.5) is 0 Å². The van der Waals surface area contributed by atoms with Gasteiger partial charge in [-0.15, -0.1) is 11.3 Å². The SMILES string of the molecule is CC.CCNC(C(=O)N1CCCC1C1=NC(C)(c2ccc(-c3scnc3C)cc2)ON1)C(C)(C)C. The molecule has 3 unspecified atom stereocenters. The number of amidine groups is 1. The number of carbonyl (C=O) groups excluding carboxylic acids is 1. The maximum absolute atomic E-state index is 13.5. The Bertz CT molecular complexity index is 1030. The van der Waals surface area contributed by atoms with Crippen molar-refractivity contribution in [3.63, 3.8) is 0 Å². The van der Waals surface area contributed by atoms with Crippen LogP contribution in [0.3, 0.4) is 0 Å². The highest BCUT2D eigenvalue weighted by molar-refractivity contribution is 7.13. The number of hydrogen-bond donors (Lipinski definition) is 2. The van der Waals surface area contributed by atoms with Gasteiger partial charge in [0.1, 0.15) is 5.84 Å². The van der Waals surface area contributed by atoms with Gasteiger partial charge in [-0.3, -0.25) is 4.79 Å². The molecule has 0 radical (unpaired) electrons. The standard InChI is InChI=1S/C25H35N5O2S.C2H6/c1-7-26-21(24(3,4)5)23(31)30-14-8-9-19(30)22-28-25(6,32-29-22)18-12-10-17(11-13-18)20-16(2)27-15-33-20;1-2/h10-13,15,19,21,26H,7-9,14H2,1-6H3,(H,28,29);1-2H3. The molecule has 2 N–H and O–H groups in total. The van der Waals surface area contributed by atoms with Crippen molar-refractivity contribution in [2.45, 2.75) is 86.0 Å². The van der Waals surface area contributed by atoms with Crippen molar-refractivity contribution in [1.82, 2.24) is 20.7 Å². The van der Waals surface area contributed by atoms with E-state index < -0.39 is 5.72 Å². The molecule has 2 aromatic rings. The van der Waals surface area contributed by atoms with E-state index in [1.165, 1.54) is 4.88 Å². The van der Waals surface area contributed by atoms with E-state index in [1.54, 1.807) is 11.3 Å². The van der Waals surface area contributed by atoms with Gasteiger partial charge in [-0.1, -0.05) is 65.8 Å². The maximum atomic E-state index is 13.5. The largest absolute Gasteiger partial charge is 0.331 e. The molecular formula is C27H41N5O2S. The summed E-state index contributed by atoms with van der Waals surface area (Å²) >= 11 is 1.64. The molecule has 2 aliphatic heterocycles. The number of nitrogens with zero attached hydrogens (tertiary/aromatic N) is 3. The lowest BCUT2D eigenvalue weighted by atomic mass is 9.85. The van der Waals surface area contributed by atoms with Crippen molar-refractivity contribution in [1.29, 1.82) is 0 Å². The van der Waals surface area contributed by atoms with Crippen LogP contribution in [-0.2, 0) is 15.4 Å². The second-order valence-corrected chi connectivity index (χ2v) is 10.9. The fraction of sp³-hybridized carbons (Fsp3) is 0.593. The van der Waals surface area contributed by atoms with Gasteiger partial charge in [-0.25, -0.2) is 20.3 Å². The summed E-state index contributed by atoms with van der Waals surface area (Å²) in [5.74, 6) is 0.865. The zero-order valence-corrected chi connectivity index (χ0v) is 23.3. The fourth-order valence-electron chi connectivity index (χ4n) is 4.65. The molecule has 7 nitrogen and oxygen atoms in total. The predicted octanol–water partition coefficient (Wildman–Crippen LogP) is 5.27. The lowest BCUT2D eigenvalue weighted by Gasteiger charge is -2.35. The minimum atomic E-state index is -0.834. The molecule has 3 heterocycles. The molecule has 1 aromatic carbocycles. The van der Waals surface area contributed by atoms with Crippen LogP contribution in [-0.4, -0.2) is 46.8 Å². The van der Waals surface area contributed by atoms with E-state index >= 15 is 0 Å². The molecule has 1 amide bonds. The van der Waals surface area contributed by atoms with E-state index in [0.717, 1.165) is 48.6 Å². The number of rotatable bonds is 6. The Balaban J connectivity index is 0.00000167. The van der Waals surface area contributed by atoms with Gasteiger partial charge < -0.3 is 10.2 Å². The first kappa shape index (κ1) is 27.3. The number of aromatic nitrogens is 1. The monoisotopic (exact) mass is 499 g/mol. The predicted molar refractivity (Wildman–Crippen MR) is 144 cm³/mol. The lowest BCUT2D eigenvalue weighted by Crippen LogP contribution is -2.56. The Morgan fingerprint density at radius 2 is 2.00 bits per heavy atom. The number of hydrogen-bond acceptors (Lipinski definition) is 7. The molecule has 4 rings (SSSR count). The van der Waals surface area contributed by atoms with Gasteiger partial charge >= 0.3 is 0 Å². The first-order valence-corrected chi connectivity index (χ1v) is 13.6. The van der Waals surface area contributed by atoms with Gasteiger partial charge in [0.2, 0.25) is 11.6 Å². The number of benzene rings is 1. The number of amides is 1. The van der Waals surface area contributed by atoms with Gasteiger partial charge in [0.25, 0.3) is 0 Å². The Kier molecular flexibility index (Phi) is 8.72. The molecule has 1 aromatic heterocycles. The van der Waals surface area contributed by atoms with E-state index in [0.29, 0.717) is 0 Å². The number of nitrogens with one attached hydrogen (secondary N) is 2. The van der Waals surface area contributed by atoms with Crippen molar-refractivity contribution in [3.05, 3.63) is 41.0 Å². The summed E-state index contributed by atoms with van der Waals surface area (Å²) in [5.41, 5.74) is 7.07. The molecule has 35 heavy (non-hydrogen) atoms. The number of aryl methyl sites for hydroxylation is 1. The van der Waals surface area contributed by atoms with Gasteiger partial charge in [0.15, 0.2) is 0 Å². The topological polar surface area (TPSA) is 78.9 Å².